The van der Waals surface area contributed by atoms with Crippen LogP contribution in [0.3, 0.4) is 0 Å². The number of rotatable bonds is 7. The van der Waals surface area contributed by atoms with Gasteiger partial charge in [0.25, 0.3) is 5.78 Å². The van der Waals surface area contributed by atoms with Gasteiger partial charge in [0.15, 0.2) is 10.9 Å². The first-order valence-electron chi connectivity index (χ1n) is 12.4. The molecule has 5 rings (SSSR count). The highest BCUT2D eigenvalue weighted by Crippen LogP contribution is 2.44. The molecule has 1 amide bonds. The van der Waals surface area contributed by atoms with E-state index in [1.165, 1.54) is 11.8 Å². The Morgan fingerprint density at radius 2 is 1.64 bits per heavy atom. The molecule has 0 spiro atoms. The molecule has 7 nitrogen and oxygen atoms in total. The second kappa shape index (κ2) is 10.7. The second-order valence-corrected chi connectivity index (χ2v) is 10.3. The second-order valence-electron chi connectivity index (χ2n) is 9.29. The molecular formula is C31H26N2O5S. The van der Waals surface area contributed by atoms with Gasteiger partial charge in [-0.05, 0) is 54.8 Å². The Kier molecular flexibility index (Phi) is 7.13. The fraction of sp³-hybridized carbons (Fsp3) is 0.161. The van der Waals surface area contributed by atoms with Crippen molar-refractivity contribution in [3.63, 3.8) is 0 Å². The van der Waals surface area contributed by atoms with Crippen molar-refractivity contribution in [3.8, 4) is 5.75 Å². The fourth-order valence-electron chi connectivity index (χ4n) is 4.59. The number of Topliss-reactive ketones (excluding diaryl/α,β-unsaturated/α-hetero) is 2. The molecule has 196 valence electrons. The van der Waals surface area contributed by atoms with Crippen molar-refractivity contribution < 1.29 is 24.2 Å². The van der Waals surface area contributed by atoms with Crippen molar-refractivity contribution in [1.29, 1.82) is 0 Å². The third-order valence-corrected chi connectivity index (χ3v) is 7.91. The van der Waals surface area contributed by atoms with Gasteiger partial charge in [0, 0.05) is 12.5 Å². The number of carbonyl (C=O) groups is 3. The maximum absolute atomic E-state index is 13.3. The topological polar surface area (TPSA) is 96.8 Å². The lowest BCUT2D eigenvalue weighted by Crippen LogP contribution is -2.29. The largest absolute Gasteiger partial charge is 0.507 e. The lowest BCUT2D eigenvalue weighted by molar-refractivity contribution is -0.132. The minimum absolute atomic E-state index is 0.0444. The van der Waals surface area contributed by atoms with Crippen LogP contribution in [0, 0.1) is 13.8 Å². The van der Waals surface area contributed by atoms with Gasteiger partial charge in [-0.2, -0.15) is 0 Å². The Morgan fingerprint density at radius 3 is 2.28 bits per heavy atom. The van der Waals surface area contributed by atoms with Crippen molar-refractivity contribution in [2.24, 2.45) is 0 Å². The first kappa shape index (κ1) is 26.1. The zero-order chi connectivity index (χ0) is 27.7. The van der Waals surface area contributed by atoms with E-state index in [9.17, 15) is 19.5 Å². The molecule has 1 aliphatic rings. The summed E-state index contributed by atoms with van der Waals surface area (Å²) in [6.07, 6.45) is 0. The lowest BCUT2D eigenvalue weighted by Gasteiger charge is -2.23. The number of anilines is 1. The molecule has 1 aromatic heterocycles. The number of nitrogens with zero attached hydrogens (tertiary/aromatic N) is 2. The third kappa shape index (κ3) is 4.98. The summed E-state index contributed by atoms with van der Waals surface area (Å²) in [5.41, 5.74) is 3.64. The molecule has 0 bridgehead atoms. The predicted molar refractivity (Wildman–Crippen MR) is 150 cm³/mol. The van der Waals surface area contributed by atoms with Crippen LogP contribution in [0.25, 0.3) is 5.76 Å². The molecule has 1 N–H and O–H groups in total. The Bertz CT molecular complexity index is 1610. The molecule has 8 heteroatoms. The number of benzene rings is 3. The Morgan fingerprint density at radius 1 is 0.974 bits per heavy atom. The molecule has 1 saturated heterocycles. The third-order valence-electron chi connectivity index (χ3n) is 6.65. The number of aryl methyl sites for hydroxylation is 2. The number of thiazole rings is 1. The summed E-state index contributed by atoms with van der Waals surface area (Å²) in [5.74, 6) is -1.50. The number of aliphatic hydroxyl groups is 1. The summed E-state index contributed by atoms with van der Waals surface area (Å²) in [6, 6.07) is 22.8. The van der Waals surface area contributed by atoms with Crippen molar-refractivity contribution in [1.82, 2.24) is 4.98 Å². The molecule has 1 unspecified atom stereocenters. The number of hydrogen-bond acceptors (Lipinski definition) is 7. The average Bonchev–Trinajstić information content (AvgIpc) is 3.45. The number of ketones is 2. The van der Waals surface area contributed by atoms with E-state index in [-0.39, 0.29) is 22.2 Å². The van der Waals surface area contributed by atoms with Crippen LogP contribution >= 0.6 is 11.3 Å². The van der Waals surface area contributed by atoms with E-state index < -0.39 is 17.7 Å². The number of aliphatic hydroxyl groups excluding tert-OH is 1. The van der Waals surface area contributed by atoms with Crippen molar-refractivity contribution in [2.75, 3.05) is 4.90 Å². The van der Waals surface area contributed by atoms with Gasteiger partial charge in [0.2, 0.25) is 0 Å². The first-order valence-corrected chi connectivity index (χ1v) is 13.2. The maximum Gasteiger partial charge on any atom is 0.301 e. The number of carbonyl (C=O) groups excluding carboxylic acids is 3. The first-order chi connectivity index (χ1) is 18.8. The summed E-state index contributed by atoms with van der Waals surface area (Å²) >= 11 is 1.06. The van der Waals surface area contributed by atoms with Crippen LogP contribution in [0.2, 0.25) is 0 Å². The SMILES string of the molecule is CC(=O)c1sc(N2C(=O)C(=O)C(=C(O)c3ccc(OCc4ccccc4C)cc3)C2c2ccccc2)nc1C. The fourth-order valence-corrected chi connectivity index (χ4v) is 5.58. The van der Waals surface area contributed by atoms with Crippen LogP contribution in [0.4, 0.5) is 5.13 Å². The highest BCUT2D eigenvalue weighted by molar-refractivity contribution is 7.18. The molecule has 1 fully saturated rings. The van der Waals surface area contributed by atoms with Crippen LogP contribution in [0.15, 0.2) is 84.4 Å². The molecule has 2 heterocycles. The minimum atomic E-state index is -0.909. The summed E-state index contributed by atoms with van der Waals surface area (Å²) in [7, 11) is 0. The quantitative estimate of drug-likeness (QED) is 0.131. The van der Waals surface area contributed by atoms with Crippen molar-refractivity contribution >= 4 is 39.7 Å². The van der Waals surface area contributed by atoms with E-state index in [4.69, 9.17) is 4.74 Å². The predicted octanol–water partition coefficient (Wildman–Crippen LogP) is 6.17. The van der Waals surface area contributed by atoms with Gasteiger partial charge in [0.05, 0.1) is 22.2 Å². The molecule has 0 radical (unpaired) electrons. The molecule has 3 aromatic carbocycles. The van der Waals surface area contributed by atoms with Gasteiger partial charge in [-0.15, -0.1) is 0 Å². The summed E-state index contributed by atoms with van der Waals surface area (Å²) in [6.45, 7) is 5.54. The Labute approximate surface area is 230 Å². The maximum atomic E-state index is 13.3. The number of hydrogen-bond donors (Lipinski definition) is 1. The standard InChI is InChI=1S/C31H26N2O5S/c1-18-9-7-8-12-23(18)17-38-24-15-13-22(14-16-24)27(35)25-26(21-10-5-4-6-11-21)33(30(37)28(25)36)31-32-19(2)29(39-31)20(3)34/h4-16,26,35H,17H2,1-3H3. The zero-order valence-corrected chi connectivity index (χ0v) is 22.5. The highest BCUT2D eigenvalue weighted by Gasteiger charge is 2.48. The Hall–Kier alpha value is -4.56. The van der Waals surface area contributed by atoms with Gasteiger partial charge >= 0.3 is 5.91 Å². The molecule has 0 aliphatic carbocycles. The normalized spacial score (nSPS) is 16.5. The van der Waals surface area contributed by atoms with Gasteiger partial charge in [-0.25, -0.2) is 4.98 Å². The monoisotopic (exact) mass is 538 g/mol. The van der Waals surface area contributed by atoms with Gasteiger partial charge in [0.1, 0.15) is 18.1 Å². The summed E-state index contributed by atoms with van der Waals surface area (Å²) < 4.78 is 5.91. The van der Waals surface area contributed by atoms with Crippen molar-refractivity contribution in [2.45, 2.75) is 33.4 Å². The van der Waals surface area contributed by atoms with Crippen LogP contribution < -0.4 is 9.64 Å². The summed E-state index contributed by atoms with van der Waals surface area (Å²) in [4.78, 5) is 44.9. The number of ether oxygens (including phenoxy) is 1. The van der Waals surface area contributed by atoms with E-state index in [1.807, 2.05) is 37.3 Å². The van der Waals surface area contributed by atoms with Crippen LogP contribution in [-0.2, 0) is 16.2 Å². The molecule has 1 aliphatic heterocycles. The summed E-state index contributed by atoms with van der Waals surface area (Å²) in [5, 5.41) is 11.6. The van der Waals surface area contributed by atoms with Gasteiger partial charge < -0.3 is 9.84 Å². The minimum Gasteiger partial charge on any atom is -0.507 e. The van der Waals surface area contributed by atoms with E-state index in [2.05, 4.69) is 4.98 Å². The van der Waals surface area contributed by atoms with Crippen molar-refractivity contribution in [3.05, 3.63) is 117 Å². The molecule has 0 saturated carbocycles. The van der Waals surface area contributed by atoms with E-state index >= 15 is 0 Å². The smallest absolute Gasteiger partial charge is 0.301 e. The van der Waals surface area contributed by atoms with Crippen LogP contribution in [-0.4, -0.2) is 27.6 Å². The molecule has 39 heavy (non-hydrogen) atoms. The van der Waals surface area contributed by atoms with Gasteiger partial charge in [-0.1, -0.05) is 65.9 Å². The van der Waals surface area contributed by atoms with Gasteiger partial charge in [-0.3, -0.25) is 19.3 Å². The van der Waals surface area contributed by atoms with E-state index in [0.717, 1.165) is 22.5 Å². The molecule has 1 atom stereocenters. The van der Waals surface area contributed by atoms with Crippen LogP contribution in [0.1, 0.15) is 50.6 Å². The van der Waals surface area contributed by atoms with E-state index in [1.54, 1.807) is 55.5 Å². The van der Waals surface area contributed by atoms with Crippen LogP contribution in [0.5, 0.6) is 5.75 Å². The zero-order valence-electron chi connectivity index (χ0n) is 21.7. The lowest BCUT2D eigenvalue weighted by atomic mass is 9.95. The number of amides is 1. The number of aromatic nitrogens is 1. The molecule has 4 aromatic rings. The highest BCUT2D eigenvalue weighted by atomic mass is 32.1. The molecular weight excluding hydrogens is 512 g/mol. The average molecular weight is 539 g/mol. The Balaban J connectivity index is 1.52. The van der Waals surface area contributed by atoms with E-state index in [0.29, 0.717) is 34.1 Å².